The molecule has 0 aromatic carbocycles. The van der Waals surface area contributed by atoms with Gasteiger partial charge in [0.2, 0.25) is 0 Å². The van der Waals surface area contributed by atoms with Crippen molar-refractivity contribution in [3.05, 3.63) is 48.6 Å². The van der Waals surface area contributed by atoms with Gasteiger partial charge in [-0.1, -0.05) is 256 Å². The van der Waals surface area contributed by atoms with Gasteiger partial charge >= 0.3 is 17.9 Å². The molecular formula is C65H118O6. The average Bonchev–Trinajstić information content (AvgIpc) is 3.37. The van der Waals surface area contributed by atoms with Gasteiger partial charge in [0.15, 0.2) is 6.10 Å². The molecule has 0 saturated heterocycles. The Bertz CT molecular complexity index is 1230. The number of hydrogen-bond acceptors (Lipinski definition) is 6. The van der Waals surface area contributed by atoms with E-state index in [1.165, 1.54) is 212 Å². The second kappa shape index (κ2) is 59.9. The Kier molecular flexibility index (Phi) is 57.7. The van der Waals surface area contributed by atoms with Crippen molar-refractivity contribution in [3.63, 3.8) is 0 Å². The molecule has 0 rings (SSSR count). The number of esters is 3. The first kappa shape index (κ1) is 68.4. The Balaban J connectivity index is 4.34. The third-order valence-electron chi connectivity index (χ3n) is 13.8. The van der Waals surface area contributed by atoms with Crippen molar-refractivity contribution in [2.45, 2.75) is 335 Å². The smallest absolute Gasteiger partial charge is 0.306 e. The van der Waals surface area contributed by atoms with E-state index in [-0.39, 0.29) is 31.1 Å². The fourth-order valence-electron chi connectivity index (χ4n) is 9.05. The molecule has 0 unspecified atom stereocenters. The van der Waals surface area contributed by atoms with Gasteiger partial charge in [-0.2, -0.15) is 0 Å². The first-order chi connectivity index (χ1) is 35.0. The van der Waals surface area contributed by atoms with Crippen molar-refractivity contribution in [2.75, 3.05) is 13.2 Å². The number of carbonyl (C=O) groups excluding carboxylic acids is 3. The highest BCUT2D eigenvalue weighted by atomic mass is 16.6. The summed E-state index contributed by atoms with van der Waals surface area (Å²) in [5.74, 6) is -0.877. The Morgan fingerprint density at radius 1 is 0.282 bits per heavy atom. The normalized spacial score (nSPS) is 12.3. The summed E-state index contributed by atoms with van der Waals surface area (Å²) in [5.41, 5.74) is 0. The van der Waals surface area contributed by atoms with Crippen LogP contribution in [0.4, 0.5) is 0 Å². The highest BCUT2D eigenvalue weighted by Gasteiger charge is 2.19. The molecule has 0 bridgehead atoms. The summed E-state index contributed by atoms with van der Waals surface area (Å²) < 4.78 is 16.9. The number of hydrogen-bond donors (Lipinski definition) is 0. The van der Waals surface area contributed by atoms with Crippen molar-refractivity contribution < 1.29 is 28.6 Å². The zero-order chi connectivity index (χ0) is 51.4. The molecule has 0 radical (unpaired) electrons. The van der Waals surface area contributed by atoms with Crippen LogP contribution in [0.1, 0.15) is 329 Å². The van der Waals surface area contributed by atoms with Crippen LogP contribution in [-0.2, 0) is 28.6 Å². The summed E-state index contributed by atoms with van der Waals surface area (Å²) >= 11 is 0. The molecule has 0 aromatic heterocycles. The Labute approximate surface area is 441 Å². The lowest BCUT2D eigenvalue weighted by atomic mass is 10.0. The zero-order valence-corrected chi connectivity index (χ0v) is 47.5. The molecule has 0 heterocycles. The quantitative estimate of drug-likeness (QED) is 0.0261. The second-order valence-corrected chi connectivity index (χ2v) is 21.0. The van der Waals surface area contributed by atoms with Gasteiger partial charge < -0.3 is 14.2 Å². The van der Waals surface area contributed by atoms with E-state index in [0.717, 1.165) is 77.0 Å². The Morgan fingerprint density at radius 2 is 0.507 bits per heavy atom. The van der Waals surface area contributed by atoms with Gasteiger partial charge in [0, 0.05) is 19.3 Å². The molecule has 0 aliphatic heterocycles. The van der Waals surface area contributed by atoms with Crippen molar-refractivity contribution >= 4 is 17.9 Å². The zero-order valence-electron chi connectivity index (χ0n) is 47.5. The molecule has 6 nitrogen and oxygen atoms in total. The fourth-order valence-corrected chi connectivity index (χ4v) is 9.05. The number of allylic oxidation sites excluding steroid dienone is 8. The van der Waals surface area contributed by atoms with Gasteiger partial charge in [0.25, 0.3) is 0 Å². The maximum absolute atomic E-state index is 12.9. The predicted octanol–water partition coefficient (Wildman–Crippen LogP) is 21.0. The van der Waals surface area contributed by atoms with E-state index in [4.69, 9.17) is 14.2 Å². The molecule has 0 amide bonds. The van der Waals surface area contributed by atoms with Crippen LogP contribution in [0.2, 0.25) is 0 Å². The molecule has 0 fully saturated rings. The summed E-state index contributed by atoms with van der Waals surface area (Å²) in [4.78, 5) is 38.3. The average molecular weight is 996 g/mol. The lowest BCUT2D eigenvalue weighted by Gasteiger charge is -2.18. The molecule has 414 valence electrons. The molecule has 6 heteroatoms. The topological polar surface area (TPSA) is 78.9 Å². The maximum Gasteiger partial charge on any atom is 0.306 e. The fraction of sp³-hybridized carbons (Fsp3) is 0.831. The predicted molar refractivity (Wildman–Crippen MR) is 307 cm³/mol. The third-order valence-corrected chi connectivity index (χ3v) is 13.8. The molecule has 0 spiro atoms. The van der Waals surface area contributed by atoms with Crippen LogP contribution in [0, 0.1) is 0 Å². The highest BCUT2D eigenvalue weighted by Crippen LogP contribution is 2.16. The minimum Gasteiger partial charge on any atom is -0.462 e. The van der Waals surface area contributed by atoms with E-state index in [1.54, 1.807) is 0 Å². The van der Waals surface area contributed by atoms with Crippen LogP contribution in [0.25, 0.3) is 0 Å². The lowest BCUT2D eigenvalue weighted by Crippen LogP contribution is -2.30. The summed E-state index contributed by atoms with van der Waals surface area (Å²) in [6, 6.07) is 0. The lowest BCUT2D eigenvalue weighted by molar-refractivity contribution is -0.167. The number of ether oxygens (including phenoxy) is 3. The highest BCUT2D eigenvalue weighted by molar-refractivity contribution is 5.71. The van der Waals surface area contributed by atoms with Crippen LogP contribution in [0.15, 0.2) is 48.6 Å². The van der Waals surface area contributed by atoms with Crippen LogP contribution >= 0.6 is 0 Å². The van der Waals surface area contributed by atoms with Crippen molar-refractivity contribution in [2.24, 2.45) is 0 Å². The van der Waals surface area contributed by atoms with Crippen LogP contribution in [-0.4, -0.2) is 37.2 Å². The third kappa shape index (κ3) is 58.1. The first-order valence-electron chi connectivity index (χ1n) is 31.1. The first-order valence-corrected chi connectivity index (χ1v) is 31.1. The van der Waals surface area contributed by atoms with E-state index < -0.39 is 6.10 Å². The molecule has 71 heavy (non-hydrogen) atoms. The minimum absolute atomic E-state index is 0.0772. The minimum atomic E-state index is -0.781. The molecule has 0 aliphatic rings. The van der Waals surface area contributed by atoms with E-state index in [9.17, 15) is 14.4 Å². The summed E-state index contributed by atoms with van der Waals surface area (Å²) in [6.45, 7) is 6.63. The van der Waals surface area contributed by atoms with Crippen LogP contribution in [0.3, 0.4) is 0 Å². The van der Waals surface area contributed by atoms with E-state index >= 15 is 0 Å². The molecule has 0 aliphatic carbocycles. The van der Waals surface area contributed by atoms with Crippen molar-refractivity contribution in [1.82, 2.24) is 0 Å². The summed E-state index contributed by atoms with van der Waals surface area (Å²) in [7, 11) is 0. The number of carbonyl (C=O) groups is 3. The summed E-state index contributed by atoms with van der Waals surface area (Å²) in [6.07, 6.45) is 73.9. The van der Waals surface area contributed by atoms with Crippen LogP contribution < -0.4 is 0 Å². The van der Waals surface area contributed by atoms with Gasteiger partial charge in [0.1, 0.15) is 13.2 Å². The monoisotopic (exact) mass is 995 g/mol. The van der Waals surface area contributed by atoms with Gasteiger partial charge in [-0.3, -0.25) is 14.4 Å². The molecule has 0 saturated carbocycles. The van der Waals surface area contributed by atoms with E-state index in [2.05, 4.69) is 69.4 Å². The van der Waals surface area contributed by atoms with Gasteiger partial charge in [0.05, 0.1) is 0 Å². The van der Waals surface area contributed by atoms with Gasteiger partial charge in [-0.15, -0.1) is 0 Å². The largest absolute Gasteiger partial charge is 0.462 e. The molecule has 0 N–H and O–H groups in total. The Hall–Kier alpha value is -2.63. The number of rotatable bonds is 57. The Morgan fingerprint density at radius 3 is 0.817 bits per heavy atom. The number of unbranched alkanes of at least 4 members (excludes halogenated alkanes) is 38. The van der Waals surface area contributed by atoms with Gasteiger partial charge in [-0.25, -0.2) is 0 Å². The molecule has 0 aromatic rings. The van der Waals surface area contributed by atoms with Gasteiger partial charge in [-0.05, 0) is 103 Å². The van der Waals surface area contributed by atoms with E-state index in [1.807, 2.05) is 0 Å². The SMILES string of the molecule is CCCCC/C=C\C/C=C\CCCCCCCCCC(=O)O[C@@H](COC(=O)CCCCCCC/C=C\CCCCCCCC)COC(=O)CCCCCCCCCCCCC/C=C\CCCCCCCC. The molecule has 1 atom stereocenters. The van der Waals surface area contributed by atoms with E-state index in [0.29, 0.717) is 19.3 Å². The summed E-state index contributed by atoms with van der Waals surface area (Å²) in [5, 5.41) is 0. The molecular weight excluding hydrogens is 877 g/mol. The van der Waals surface area contributed by atoms with Crippen molar-refractivity contribution in [1.29, 1.82) is 0 Å². The second-order valence-electron chi connectivity index (χ2n) is 21.0. The van der Waals surface area contributed by atoms with Crippen molar-refractivity contribution in [3.8, 4) is 0 Å². The van der Waals surface area contributed by atoms with Crippen LogP contribution in [0.5, 0.6) is 0 Å². The maximum atomic E-state index is 12.9. The standard InChI is InChI=1S/C65H118O6/c1-4-7-10-13-16-19-22-25-28-30-31-32-33-35-37-40-43-46-49-52-55-58-64(67)70-61-62(60-69-63(66)57-54-51-48-45-42-39-36-27-24-21-18-15-12-9-6-3)71-65(68)59-56-53-50-47-44-41-38-34-29-26-23-20-17-14-11-8-5-2/h17,20,25-29,36,62H,4-16,18-19,21-24,30-35,37-61H2,1-3H3/b20-17-,28-25-,29-26-,36-27-/t62-/m0/s1.